The van der Waals surface area contributed by atoms with Crippen LogP contribution in [0.4, 0.5) is 0 Å². The summed E-state index contributed by atoms with van der Waals surface area (Å²) in [6.07, 6.45) is 0.571. The van der Waals surface area contributed by atoms with E-state index in [9.17, 15) is 5.11 Å². The molecule has 0 aliphatic rings. The molecule has 0 aliphatic heterocycles. The first-order valence-electron chi connectivity index (χ1n) is 6.30. The van der Waals surface area contributed by atoms with Gasteiger partial charge in [0, 0.05) is 7.11 Å². The van der Waals surface area contributed by atoms with Gasteiger partial charge in [-0.3, -0.25) is 4.68 Å². The largest absolute Gasteiger partial charge is 0.495 e. The van der Waals surface area contributed by atoms with Gasteiger partial charge in [0.25, 0.3) is 0 Å². The Morgan fingerprint density at radius 1 is 1.29 bits per heavy atom. The van der Waals surface area contributed by atoms with Gasteiger partial charge in [0.05, 0.1) is 42.2 Å². The van der Waals surface area contributed by atoms with Crippen molar-refractivity contribution in [2.24, 2.45) is 0 Å². The summed E-state index contributed by atoms with van der Waals surface area (Å²) < 4.78 is 11.7. The first kappa shape index (κ1) is 16.1. The van der Waals surface area contributed by atoms with E-state index in [0.29, 0.717) is 40.2 Å². The zero-order chi connectivity index (χ0) is 15.4. The third-order valence-electron chi connectivity index (χ3n) is 3.09. The number of hydrogen-bond donors (Lipinski definition) is 1. The van der Waals surface area contributed by atoms with Crippen molar-refractivity contribution in [3.8, 4) is 5.75 Å². The topological polar surface area (TPSA) is 56.5 Å². The quantitative estimate of drug-likeness (QED) is 0.884. The Kier molecular flexibility index (Phi) is 5.47. The van der Waals surface area contributed by atoms with E-state index in [4.69, 9.17) is 32.7 Å². The molecule has 0 radical (unpaired) electrons. The Hall–Kier alpha value is -1.27. The lowest BCUT2D eigenvalue weighted by Gasteiger charge is -2.15. The number of hydrogen-bond acceptors (Lipinski definition) is 4. The van der Waals surface area contributed by atoms with E-state index in [1.165, 1.54) is 13.3 Å². The van der Waals surface area contributed by atoms with Crippen LogP contribution in [0.3, 0.4) is 0 Å². The summed E-state index contributed by atoms with van der Waals surface area (Å²) in [6.45, 7) is 0.973. The molecule has 0 aliphatic carbocycles. The van der Waals surface area contributed by atoms with Gasteiger partial charge >= 0.3 is 0 Å². The van der Waals surface area contributed by atoms with E-state index < -0.39 is 6.10 Å². The van der Waals surface area contributed by atoms with Gasteiger partial charge in [0.15, 0.2) is 0 Å². The van der Waals surface area contributed by atoms with Crippen LogP contribution < -0.4 is 4.74 Å². The van der Waals surface area contributed by atoms with Crippen molar-refractivity contribution >= 4 is 23.2 Å². The molecule has 7 heteroatoms. The summed E-state index contributed by atoms with van der Waals surface area (Å²) in [5.41, 5.74) is 1.12. The second-order valence-corrected chi connectivity index (χ2v) is 5.20. The minimum atomic E-state index is -0.930. The van der Waals surface area contributed by atoms with Gasteiger partial charge in [-0.2, -0.15) is 5.10 Å². The van der Waals surface area contributed by atoms with Gasteiger partial charge in [-0.1, -0.05) is 29.3 Å². The maximum atomic E-state index is 10.5. The zero-order valence-electron chi connectivity index (χ0n) is 11.7. The smallest absolute Gasteiger partial charge is 0.137 e. The molecule has 1 aromatic heterocycles. The van der Waals surface area contributed by atoms with E-state index >= 15 is 0 Å². The summed E-state index contributed by atoms with van der Waals surface area (Å²) in [5.74, 6) is 0.548. The van der Waals surface area contributed by atoms with Gasteiger partial charge in [-0.25, -0.2) is 0 Å². The average Bonchev–Trinajstić information content (AvgIpc) is 2.85. The Balaban J connectivity index is 2.33. The molecule has 21 heavy (non-hydrogen) atoms. The summed E-state index contributed by atoms with van der Waals surface area (Å²) in [7, 11) is 3.14. The predicted molar refractivity (Wildman–Crippen MR) is 81.2 cm³/mol. The Bertz CT molecular complexity index is 616. The lowest BCUT2D eigenvalue weighted by atomic mass is 10.1. The third-order valence-corrected chi connectivity index (χ3v) is 3.68. The molecule has 1 N–H and O–H groups in total. The molecule has 0 saturated heterocycles. The minimum absolute atomic E-state index is 0.394. The van der Waals surface area contributed by atoms with Crippen molar-refractivity contribution in [1.29, 1.82) is 0 Å². The lowest BCUT2D eigenvalue weighted by Crippen LogP contribution is -2.13. The number of nitrogens with zero attached hydrogens (tertiary/aromatic N) is 2. The van der Waals surface area contributed by atoms with Crippen LogP contribution in [-0.2, 0) is 11.3 Å². The Morgan fingerprint density at radius 3 is 2.67 bits per heavy atom. The summed E-state index contributed by atoms with van der Waals surface area (Å²) >= 11 is 12.2. The van der Waals surface area contributed by atoms with E-state index in [1.807, 2.05) is 0 Å². The number of aliphatic hydroxyl groups is 1. The molecule has 0 spiro atoms. The number of rotatable bonds is 6. The van der Waals surface area contributed by atoms with Crippen LogP contribution in [0.25, 0.3) is 0 Å². The molecule has 0 amide bonds. The predicted octanol–water partition coefficient (Wildman–Crippen LogP) is 2.93. The first-order valence-corrected chi connectivity index (χ1v) is 7.05. The Morgan fingerprint density at radius 2 is 2.05 bits per heavy atom. The van der Waals surface area contributed by atoms with Crippen molar-refractivity contribution < 1.29 is 14.6 Å². The standard InChI is InChI=1S/C14H16Cl2N2O3/c1-20-6-5-18-13(11(16)8-17-18)14(19)9-3-4-12(21-2)10(15)7-9/h3-4,7-8,14,19H,5-6H2,1-2H3. The average molecular weight is 331 g/mol. The van der Waals surface area contributed by atoms with Crippen LogP contribution in [-0.4, -0.2) is 35.7 Å². The van der Waals surface area contributed by atoms with Crippen molar-refractivity contribution in [2.75, 3.05) is 20.8 Å². The van der Waals surface area contributed by atoms with Crippen LogP contribution in [0.15, 0.2) is 24.4 Å². The fourth-order valence-electron chi connectivity index (χ4n) is 2.01. The van der Waals surface area contributed by atoms with Crippen LogP contribution in [0.1, 0.15) is 17.4 Å². The summed E-state index contributed by atoms with van der Waals surface area (Å²) in [4.78, 5) is 0. The SMILES string of the molecule is COCCn1ncc(Cl)c1C(O)c1ccc(OC)c(Cl)c1. The van der Waals surface area contributed by atoms with Crippen molar-refractivity contribution in [3.05, 3.63) is 45.7 Å². The highest BCUT2D eigenvalue weighted by Gasteiger charge is 2.20. The van der Waals surface area contributed by atoms with E-state index in [0.717, 1.165) is 0 Å². The molecule has 0 saturated carbocycles. The number of methoxy groups -OCH3 is 2. The van der Waals surface area contributed by atoms with Crippen LogP contribution in [0, 0.1) is 0 Å². The number of benzene rings is 1. The maximum Gasteiger partial charge on any atom is 0.137 e. The monoisotopic (exact) mass is 330 g/mol. The van der Waals surface area contributed by atoms with Crippen LogP contribution in [0.2, 0.25) is 10.0 Å². The molecule has 2 rings (SSSR count). The molecule has 114 valence electrons. The summed E-state index contributed by atoms with van der Waals surface area (Å²) in [6, 6.07) is 5.08. The molecular weight excluding hydrogens is 315 g/mol. The molecule has 0 bridgehead atoms. The molecular formula is C14H16Cl2N2O3. The highest BCUT2D eigenvalue weighted by Crippen LogP contribution is 2.32. The lowest BCUT2D eigenvalue weighted by molar-refractivity contribution is 0.171. The number of ether oxygens (including phenoxy) is 2. The molecule has 1 unspecified atom stereocenters. The Labute approximate surface area is 133 Å². The molecule has 1 heterocycles. The molecule has 1 aromatic carbocycles. The number of halogens is 2. The summed E-state index contributed by atoms with van der Waals surface area (Å²) in [5, 5.41) is 15.5. The third kappa shape index (κ3) is 3.49. The highest BCUT2D eigenvalue weighted by molar-refractivity contribution is 6.32. The van der Waals surface area contributed by atoms with Gasteiger partial charge in [-0.15, -0.1) is 0 Å². The van der Waals surface area contributed by atoms with Crippen LogP contribution in [0.5, 0.6) is 5.75 Å². The van der Waals surface area contributed by atoms with Gasteiger partial charge < -0.3 is 14.6 Å². The zero-order valence-corrected chi connectivity index (χ0v) is 13.2. The van der Waals surface area contributed by atoms with E-state index in [-0.39, 0.29) is 0 Å². The molecule has 0 fully saturated rings. The van der Waals surface area contributed by atoms with Gasteiger partial charge in [0.2, 0.25) is 0 Å². The minimum Gasteiger partial charge on any atom is -0.495 e. The normalized spacial score (nSPS) is 12.4. The second kappa shape index (κ2) is 7.13. The van der Waals surface area contributed by atoms with Crippen molar-refractivity contribution in [1.82, 2.24) is 9.78 Å². The number of aliphatic hydroxyl groups excluding tert-OH is 1. The molecule has 1 atom stereocenters. The fraction of sp³-hybridized carbons (Fsp3) is 0.357. The van der Waals surface area contributed by atoms with Gasteiger partial charge in [-0.05, 0) is 17.7 Å². The number of aromatic nitrogens is 2. The first-order chi connectivity index (χ1) is 10.1. The maximum absolute atomic E-state index is 10.5. The highest BCUT2D eigenvalue weighted by atomic mass is 35.5. The van der Waals surface area contributed by atoms with Crippen molar-refractivity contribution in [2.45, 2.75) is 12.6 Å². The second-order valence-electron chi connectivity index (χ2n) is 4.39. The van der Waals surface area contributed by atoms with E-state index in [1.54, 1.807) is 30.0 Å². The van der Waals surface area contributed by atoms with Gasteiger partial charge in [0.1, 0.15) is 11.9 Å². The van der Waals surface area contributed by atoms with Crippen LogP contribution >= 0.6 is 23.2 Å². The molecule has 2 aromatic rings. The van der Waals surface area contributed by atoms with E-state index in [2.05, 4.69) is 5.10 Å². The fourth-order valence-corrected chi connectivity index (χ4v) is 2.52. The molecule has 5 nitrogen and oxygen atoms in total. The van der Waals surface area contributed by atoms with Crippen molar-refractivity contribution in [3.63, 3.8) is 0 Å².